The Morgan fingerprint density at radius 1 is 1.25 bits per heavy atom. The van der Waals surface area contributed by atoms with E-state index < -0.39 is 11.0 Å². The van der Waals surface area contributed by atoms with E-state index >= 15 is 0 Å². The van der Waals surface area contributed by atoms with E-state index in [1.807, 2.05) is 63.3 Å². The third kappa shape index (κ3) is 4.73. The quantitative estimate of drug-likeness (QED) is 0.857. The van der Waals surface area contributed by atoms with E-state index in [-0.39, 0.29) is 4.75 Å². The van der Waals surface area contributed by atoms with Crippen molar-refractivity contribution in [2.24, 2.45) is 0 Å². The van der Waals surface area contributed by atoms with Crippen molar-refractivity contribution < 1.29 is 4.21 Å². The van der Waals surface area contributed by atoms with E-state index in [1.165, 1.54) is 0 Å². The molecule has 16 heavy (non-hydrogen) atoms. The lowest BCUT2D eigenvalue weighted by molar-refractivity contribution is 0.639. The minimum atomic E-state index is -0.996. The monoisotopic (exact) mass is 237 g/mol. The Morgan fingerprint density at radius 3 is 2.44 bits per heavy atom. The molecule has 0 amide bonds. The van der Waals surface area contributed by atoms with Crippen molar-refractivity contribution in [3.8, 4) is 0 Å². The van der Waals surface area contributed by atoms with Crippen LogP contribution in [0.15, 0.2) is 36.4 Å². The first kappa shape index (κ1) is 13.1. The molecule has 88 valence electrons. The van der Waals surface area contributed by atoms with Crippen LogP contribution < -0.4 is 4.72 Å². The molecule has 1 N–H and O–H groups in total. The van der Waals surface area contributed by atoms with Gasteiger partial charge >= 0.3 is 0 Å². The summed E-state index contributed by atoms with van der Waals surface area (Å²) in [6.07, 6.45) is 4.01. The molecule has 0 aliphatic carbocycles. The maximum absolute atomic E-state index is 11.6. The van der Waals surface area contributed by atoms with Crippen molar-refractivity contribution in [2.75, 3.05) is 6.54 Å². The van der Waals surface area contributed by atoms with E-state index in [2.05, 4.69) is 4.72 Å². The maximum atomic E-state index is 11.6. The molecular formula is C13H19NOS. The molecule has 1 aromatic carbocycles. The normalized spacial score (nSPS) is 14.2. The summed E-state index contributed by atoms with van der Waals surface area (Å²) in [5.41, 5.74) is 1.16. The highest BCUT2D eigenvalue weighted by molar-refractivity contribution is 7.84. The van der Waals surface area contributed by atoms with Gasteiger partial charge in [-0.25, -0.2) is 8.93 Å². The summed E-state index contributed by atoms with van der Waals surface area (Å²) in [6.45, 7) is 6.49. The van der Waals surface area contributed by atoms with Gasteiger partial charge in [0.05, 0.1) is 15.7 Å². The molecule has 3 heteroatoms. The minimum Gasteiger partial charge on any atom is -0.242 e. The van der Waals surface area contributed by atoms with Crippen molar-refractivity contribution in [3.05, 3.63) is 42.0 Å². The smallest absolute Gasteiger partial charge is 0.0973 e. The Labute approximate surface area is 100 Å². The van der Waals surface area contributed by atoms with Crippen molar-refractivity contribution >= 4 is 17.1 Å². The number of hydrogen-bond acceptors (Lipinski definition) is 1. The summed E-state index contributed by atoms with van der Waals surface area (Å²) < 4.78 is 14.4. The van der Waals surface area contributed by atoms with E-state index in [1.54, 1.807) is 0 Å². The lowest BCUT2D eigenvalue weighted by Gasteiger charge is -2.17. The highest BCUT2D eigenvalue weighted by Gasteiger charge is 2.17. The molecule has 0 saturated heterocycles. The largest absolute Gasteiger partial charge is 0.242 e. The van der Waals surface area contributed by atoms with Crippen molar-refractivity contribution in [1.82, 2.24) is 4.72 Å². The molecule has 0 aliphatic heterocycles. The zero-order valence-electron chi connectivity index (χ0n) is 10.1. The van der Waals surface area contributed by atoms with Gasteiger partial charge in [0.1, 0.15) is 0 Å². The predicted octanol–water partition coefficient (Wildman–Crippen LogP) is 2.75. The van der Waals surface area contributed by atoms with Gasteiger partial charge in [-0.1, -0.05) is 42.5 Å². The molecule has 0 aromatic heterocycles. The van der Waals surface area contributed by atoms with Crippen LogP contribution in [0.2, 0.25) is 0 Å². The first-order chi connectivity index (χ1) is 7.50. The third-order valence-electron chi connectivity index (χ3n) is 2.00. The minimum absolute atomic E-state index is 0.208. The second kappa shape index (κ2) is 5.97. The van der Waals surface area contributed by atoms with Crippen molar-refractivity contribution in [1.29, 1.82) is 0 Å². The summed E-state index contributed by atoms with van der Waals surface area (Å²) in [7, 11) is -0.996. The predicted molar refractivity (Wildman–Crippen MR) is 71.4 cm³/mol. The SMILES string of the molecule is CC(C)(C)S(=O)NC/C=C/c1ccccc1. The van der Waals surface area contributed by atoms with Crippen LogP contribution in [0.5, 0.6) is 0 Å². The van der Waals surface area contributed by atoms with Gasteiger partial charge in [-0.2, -0.15) is 0 Å². The van der Waals surface area contributed by atoms with Gasteiger partial charge in [-0.3, -0.25) is 0 Å². The van der Waals surface area contributed by atoms with Crippen LogP contribution in [-0.4, -0.2) is 15.5 Å². The Balaban J connectivity index is 2.37. The number of benzene rings is 1. The second-order valence-electron chi connectivity index (χ2n) is 4.54. The van der Waals surface area contributed by atoms with Crippen LogP contribution in [0.25, 0.3) is 6.08 Å². The van der Waals surface area contributed by atoms with Gasteiger partial charge in [0, 0.05) is 6.54 Å². The number of hydrogen-bond donors (Lipinski definition) is 1. The second-order valence-corrected chi connectivity index (χ2v) is 6.59. The molecule has 2 nitrogen and oxygen atoms in total. The van der Waals surface area contributed by atoms with Crippen molar-refractivity contribution in [3.63, 3.8) is 0 Å². The van der Waals surface area contributed by atoms with Gasteiger partial charge in [-0.05, 0) is 26.3 Å². The van der Waals surface area contributed by atoms with Gasteiger partial charge in [-0.15, -0.1) is 0 Å². The lowest BCUT2D eigenvalue weighted by Crippen LogP contribution is -2.33. The number of rotatable bonds is 4. The van der Waals surface area contributed by atoms with Crippen LogP contribution in [0, 0.1) is 0 Å². The fourth-order valence-electron chi connectivity index (χ4n) is 1.10. The fraction of sp³-hybridized carbons (Fsp3) is 0.385. The standard InChI is InChI=1S/C13H19NOS/c1-13(2,3)16(15)14-11-7-10-12-8-5-4-6-9-12/h4-10,14H,11H2,1-3H3/b10-7+. The van der Waals surface area contributed by atoms with Gasteiger partial charge in [0.2, 0.25) is 0 Å². The molecular weight excluding hydrogens is 218 g/mol. The molecule has 0 heterocycles. The van der Waals surface area contributed by atoms with Crippen LogP contribution in [0.1, 0.15) is 26.3 Å². The lowest BCUT2D eigenvalue weighted by atomic mass is 10.2. The van der Waals surface area contributed by atoms with Crippen LogP contribution >= 0.6 is 0 Å². The molecule has 0 bridgehead atoms. The Kier molecular flexibility index (Phi) is 4.90. The molecule has 0 fully saturated rings. The molecule has 0 aliphatic rings. The zero-order chi connectivity index (χ0) is 12.0. The molecule has 0 saturated carbocycles. The van der Waals surface area contributed by atoms with Gasteiger partial charge in [0.15, 0.2) is 0 Å². The third-order valence-corrected chi connectivity index (χ3v) is 3.54. The van der Waals surface area contributed by atoms with Crippen LogP contribution in [-0.2, 0) is 11.0 Å². The van der Waals surface area contributed by atoms with E-state index in [4.69, 9.17) is 0 Å². The average molecular weight is 237 g/mol. The van der Waals surface area contributed by atoms with Crippen LogP contribution in [0.4, 0.5) is 0 Å². The Morgan fingerprint density at radius 2 is 1.88 bits per heavy atom. The first-order valence-corrected chi connectivity index (χ1v) is 6.52. The summed E-state index contributed by atoms with van der Waals surface area (Å²) in [6, 6.07) is 10.1. The van der Waals surface area contributed by atoms with E-state index in [0.717, 1.165) is 5.56 Å². The van der Waals surface area contributed by atoms with Gasteiger partial charge < -0.3 is 0 Å². The van der Waals surface area contributed by atoms with Crippen LogP contribution in [0.3, 0.4) is 0 Å². The highest BCUT2D eigenvalue weighted by atomic mass is 32.2. The highest BCUT2D eigenvalue weighted by Crippen LogP contribution is 2.08. The molecule has 0 radical (unpaired) electrons. The Bertz CT molecular complexity index is 365. The fourth-order valence-corrected chi connectivity index (χ4v) is 1.78. The van der Waals surface area contributed by atoms with Crippen molar-refractivity contribution in [2.45, 2.75) is 25.5 Å². The first-order valence-electron chi connectivity index (χ1n) is 5.37. The zero-order valence-corrected chi connectivity index (χ0v) is 10.9. The molecule has 0 spiro atoms. The summed E-state index contributed by atoms with van der Waals surface area (Å²) in [4.78, 5) is 0. The molecule has 1 atom stereocenters. The molecule has 1 aromatic rings. The number of nitrogens with one attached hydrogen (secondary N) is 1. The Hall–Kier alpha value is -0.930. The van der Waals surface area contributed by atoms with E-state index in [0.29, 0.717) is 6.54 Å². The summed E-state index contributed by atoms with van der Waals surface area (Å²) >= 11 is 0. The summed E-state index contributed by atoms with van der Waals surface area (Å²) in [5.74, 6) is 0. The topological polar surface area (TPSA) is 29.1 Å². The average Bonchev–Trinajstić information content (AvgIpc) is 2.24. The maximum Gasteiger partial charge on any atom is 0.0973 e. The molecule has 1 unspecified atom stereocenters. The van der Waals surface area contributed by atoms with E-state index in [9.17, 15) is 4.21 Å². The van der Waals surface area contributed by atoms with Gasteiger partial charge in [0.25, 0.3) is 0 Å². The molecule has 1 rings (SSSR count). The summed E-state index contributed by atoms with van der Waals surface area (Å²) in [5, 5.41) is 0.